The summed E-state index contributed by atoms with van der Waals surface area (Å²) in [5.41, 5.74) is 5.90. The summed E-state index contributed by atoms with van der Waals surface area (Å²) in [5.74, 6) is -0.518. The minimum absolute atomic E-state index is 0.0845. The lowest BCUT2D eigenvalue weighted by Crippen LogP contribution is -2.26. The number of benzene rings is 1. The molecule has 0 saturated heterocycles. The highest BCUT2D eigenvalue weighted by Gasteiger charge is 2.18. The highest BCUT2D eigenvalue weighted by Crippen LogP contribution is 2.36. The molecule has 0 unspecified atom stereocenters. The van der Waals surface area contributed by atoms with E-state index < -0.39 is 5.82 Å². The zero-order valence-corrected chi connectivity index (χ0v) is 13.7. The third-order valence-electron chi connectivity index (χ3n) is 3.61. The molecule has 23 heavy (non-hydrogen) atoms. The van der Waals surface area contributed by atoms with Gasteiger partial charge in [0.25, 0.3) is 5.11 Å². The van der Waals surface area contributed by atoms with Crippen molar-refractivity contribution in [1.29, 1.82) is 0 Å². The van der Waals surface area contributed by atoms with E-state index in [4.69, 9.17) is 0 Å². The molecule has 0 aliphatic heterocycles. The van der Waals surface area contributed by atoms with Gasteiger partial charge >= 0.3 is 0 Å². The fourth-order valence-corrected chi connectivity index (χ4v) is 2.39. The molecule has 2 rings (SSSR count). The van der Waals surface area contributed by atoms with E-state index >= 15 is 0 Å². The molecule has 0 fully saturated rings. The van der Waals surface area contributed by atoms with Crippen molar-refractivity contribution in [3.8, 4) is 5.88 Å². The quantitative estimate of drug-likeness (QED) is 0.426. The van der Waals surface area contributed by atoms with Crippen LogP contribution in [-0.4, -0.2) is 32.8 Å². The van der Waals surface area contributed by atoms with Crippen LogP contribution in [0.5, 0.6) is 5.88 Å². The Hall–Kier alpha value is -2.26. The highest BCUT2D eigenvalue weighted by molar-refractivity contribution is 7.80. The first kappa shape index (κ1) is 17.1. The second-order valence-electron chi connectivity index (χ2n) is 4.88. The van der Waals surface area contributed by atoms with Crippen LogP contribution < -0.4 is 10.9 Å². The van der Waals surface area contributed by atoms with Crippen LogP contribution in [0, 0.1) is 10.7 Å². The van der Waals surface area contributed by atoms with Crippen molar-refractivity contribution in [3.05, 3.63) is 28.9 Å². The van der Waals surface area contributed by atoms with Crippen LogP contribution in [-0.2, 0) is 6.67 Å². The maximum Gasteiger partial charge on any atom is 0.254 e. The molecule has 3 N–H and O–H groups in total. The summed E-state index contributed by atoms with van der Waals surface area (Å²) in [7, 11) is 0. The standard InChI is InChI=1S/C14H18FN5O2S/c1-3-19(4-2)8-20-11-6-5-9(15)7-10(11)12(13(20)21)16-17-14(23)18-22/h5-7,16,21H,3-4,8H2,1-2H3,(H,17,23). The average molecular weight is 339 g/mol. The molecule has 0 amide bonds. The predicted octanol–water partition coefficient (Wildman–Crippen LogP) is 2.75. The smallest absolute Gasteiger partial charge is 0.254 e. The molecule has 1 heterocycles. The number of hydrogen-bond acceptors (Lipinski definition) is 5. The average Bonchev–Trinajstić information content (AvgIpc) is 2.81. The predicted molar refractivity (Wildman–Crippen MR) is 91.6 cm³/mol. The van der Waals surface area contributed by atoms with Gasteiger partial charge in [0.1, 0.15) is 11.5 Å². The van der Waals surface area contributed by atoms with Gasteiger partial charge in [-0.2, -0.15) is 0 Å². The molecular formula is C14H18FN5O2S. The van der Waals surface area contributed by atoms with E-state index in [1.165, 1.54) is 12.1 Å². The van der Waals surface area contributed by atoms with Crippen molar-refractivity contribution >= 4 is 33.9 Å². The van der Waals surface area contributed by atoms with E-state index in [0.29, 0.717) is 17.6 Å². The fraction of sp³-hybridized carbons (Fsp3) is 0.357. The number of rotatable bonds is 6. The molecule has 0 aliphatic carbocycles. The largest absolute Gasteiger partial charge is 0.493 e. The molecule has 2 aromatic rings. The Morgan fingerprint density at radius 2 is 2.13 bits per heavy atom. The lowest BCUT2D eigenvalue weighted by Gasteiger charge is -2.20. The Morgan fingerprint density at radius 3 is 2.74 bits per heavy atom. The second-order valence-corrected chi connectivity index (χ2v) is 5.27. The molecule has 0 saturated carbocycles. The van der Waals surface area contributed by atoms with Gasteiger partial charge in [0.2, 0.25) is 5.88 Å². The summed E-state index contributed by atoms with van der Waals surface area (Å²) in [6.45, 7) is 6.08. The number of nitrogens with one attached hydrogen (secondary N) is 2. The number of halogens is 1. The second kappa shape index (κ2) is 7.34. The van der Waals surface area contributed by atoms with E-state index in [9.17, 15) is 14.4 Å². The third kappa shape index (κ3) is 3.57. The molecule has 7 nitrogen and oxygen atoms in total. The highest BCUT2D eigenvalue weighted by atomic mass is 32.1. The molecule has 124 valence electrons. The summed E-state index contributed by atoms with van der Waals surface area (Å²) < 4.78 is 15.2. The zero-order chi connectivity index (χ0) is 17.0. The Balaban J connectivity index is 2.48. The molecule has 1 aromatic heterocycles. The number of nitrogens with zero attached hydrogens (tertiary/aromatic N) is 3. The number of aromatic hydroxyl groups is 1. The molecular weight excluding hydrogens is 321 g/mol. The molecule has 1 aromatic carbocycles. The third-order valence-corrected chi connectivity index (χ3v) is 3.79. The molecule has 0 spiro atoms. The summed E-state index contributed by atoms with van der Waals surface area (Å²) in [5, 5.41) is 13.2. The number of hydrazine groups is 1. The Bertz CT molecular complexity index is 730. The maximum atomic E-state index is 13.6. The van der Waals surface area contributed by atoms with Crippen molar-refractivity contribution in [2.75, 3.05) is 18.5 Å². The topological polar surface area (TPSA) is 81.9 Å². The van der Waals surface area contributed by atoms with Crippen molar-refractivity contribution in [3.63, 3.8) is 0 Å². The lowest BCUT2D eigenvalue weighted by atomic mass is 10.2. The first-order chi connectivity index (χ1) is 11.0. The molecule has 9 heteroatoms. The van der Waals surface area contributed by atoms with Crippen molar-refractivity contribution in [1.82, 2.24) is 14.9 Å². The number of fused-ring (bicyclic) bond motifs is 1. The van der Waals surface area contributed by atoms with Gasteiger partial charge in [0.15, 0.2) is 0 Å². The Kier molecular flexibility index (Phi) is 5.45. The van der Waals surface area contributed by atoms with Gasteiger partial charge < -0.3 is 5.11 Å². The van der Waals surface area contributed by atoms with Crippen LogP contribution in [0.3, 0.4) is 0 Å². The van der Waals surface area contributed by atoms with Gasteiger partial charge in [-0.3, -0.25) is 20.3 Å². The number of hydrogen-bond donors (Lipinski definition) is 3. The van der Waals surface area contributed by atoms with Crippen LogP contribution >= 0.6 is 12.2 Å². The normalized spacial score (nSPS) is 11.0. The van der Waals surface area contributed by atoms with Crippen LogP contribution in [0.4, 0.5) is 10.1 Å². The number of nitroso groups, excluding NO2 is 1. The van der Waals surface area contributed by atoms with Crippen molar-refractivity contribution < 1.29 is 9.50 Å². The van der Waals surface area contributed by atoms with Gasteiger partial charge in [-0.15, -0.1) is 4.91 Å². The summed E-state index contributed by atoms with van der Waals surface area (Å²) in [6.07, 6.45) is 0. The van der Waals surface area contributed by atoms with E-state index in [-0.39, 0.29) is 16.7 Å². The van der Waals surface area contributed by atoms with Gasteiger partial charge in [-0.25, -0.2) is 4.39 Å². The minimum atomic E-state index is -0.434. The first-order valence-corrected chi connectivity index (χ1v) is 7.55. The van der Waals surface area contributed by atoms with E-state index in [0.717, 1.165) is 13.1 Å². The molecule has 0 atom stereocenters. The van der Waals surface area contributed by atoms with Gasteiger partial charge in [-0.05, 0) is 43.5 Å². The number of aromatic nitrogens is 1. The first-order valence-electron chi connectivity index (χ1n) is 7.14. The van der Waals surface area contributed by atoms with Crippen LogP contribution in [0.2, 0.25) is 0 Å². The van der Waals surface area contributed by atoms with E-state index in [1.54, 1.807) is 10.6 Å². The molecule has 0 radical (unpaired) electrons. The van der Waals surface area contributed by atoms with E-state index in [1.807, 2.05) is 13.8 Å². The van der Waals surface area contributed by atoms with Crippen LogP contribution in [0.25, 0.3) is 10.9 Å². The van der Waals surface area contributed by atoms with Crippen molar-refractivity contribution in [2.45, 2.75) is 20.5 Å². The summed E-state index contributed by atoms with van der Waals surface area (Å²) >= 11 is 4.64. The number of thiocarbonyl (C=S) groups is 1. The SMILES string of the molecule is CCN(CC)Cn1c(O)c(NNC(=S)N=O)c2cc(F)ccc21. The van der Waals surface area contributed by atoms with Crippen LogP contribution in [0.15, 0.2) is 23.4 Å². The minimum Gasteiger partial charge on any atom is -0.493 e. The van der Waals surface area contributed by atoms with Gasteiger partial charge in [0.05, 0.1) is 12.2 Å². The monoisotopic (exact) mass is 339 g/mol. The molecule has 0 aliphatic rings. The Labute approximate surface area is 138 Å². The molecule has 0 bridgehead atoms. The summed E-state index contributed by atoms with van der Waals surface area (Å²) in [6, 6.07) is 4.22. The van der Waals surface area contributed by atoms with Gasteiger partial charge in [-0.1, -0.05) is 13.8 Å². The van der Waals surface area contributed by atoms with Crippen molar-refractivity contribution in [2.24, 2.45) is 5.18 Å². The number of anilines is 1. The van der Waals surface area contributed by atoms with E-state index in [2.05, 4.69) is 33.1 Å². The Morgan fingerprint density at radius 1 is 1.43 bits per heavy atom. The fourth-order valence-electron chi connectivity index (χ4n) is 2.34. The van der Waals surface area contributed by atoms with Gasteiger partial charge in [0, 0.05) is 10.6 Å². The lowest BCUT2D eigenvalue weighted by molar-refractivity contribution is 0.233. The zero-order valence-electron chi connectivity index (χ0n) is 12.8. The summed E-state index contributed by atoms with van der Waals surface area (Å²) in [4.78, 5) is 12.4. The maximum absolute atomic E-state index is 13.6. The van der Waals surface area contributed by atoms with Crippen LogP contribution in [0.1, 0.15) is 13.8 Å².